The Labute approximate surface area is 256 Å². The average molecular weight is 582 g/mol. The van der Waals surface area contributed by atoms with E-state index in [1.807, 2.05) is 62.5 Å². The molecule has 220 valence electrons. The van der Waals surface area contributed by atoms with E-state index in [-0.39, 0.29) is 12.0 Å². The average Bonchev–Trinajstić information content (AvgIpc) is 3.45. The first kappa shape index (κ1) is 27.7. The first-order chi connectivity index (χ1) is 21.4. The highest BCUT2D eigenvalue weighted by Crippen LogP contribution is 2.38. The van der Waals surface area contributed by atoms with Crippen LogP contribution in [0, 0.1) is 19.8 Å². The number of ether oxygens (including phenoxy) is 1. The van der Waals surface area contributed by atoms with Gasteiger partial charge in [0.25, 0.3) is 0 Å². The summed E-state index contributed by atoms with van der Waals surface area (Å²) in [5.41, 5.74) is 10.6. The number of aryl methyl sites for hydroxylation is 2. The maximum atomic E-state index is 5.91. The molecule has 0 aliphatic carbocycles. The quantitative estimate of drug-likeness (QED) is 0.163. The number of anilines is 4. The molecule has 8 nitrogen and oxygen atoms in total. The zero-order valence-corrected chi connectivity index (χ0v) is 25.1. The molecular weight excluding hydrogens is 546 g/mol. The molecule has 0 saturated carbocycles. The van der Waals surface area contributed by atoms with E-state index in [0.717, 1.165) is 80.6 Å². The number of fused-ring (bicyclic) bond motifs is 2. The van der Waals surface area contributed by atoms with Gasteiger partial charge < -0.3 is 20.4 Å². The van der Waals surface area contributed by atoms with Crippen LogP contribution in [0.3, 0.4) is 0 Å². The molecule has 2 aromatic carbocycles. The highest BCUT2D eigenvalue weighted by molar-refractivity contribution is 5.94. The van der Waals surface area contributed by atoms with E-state index in [1.165, 1.54) is 5.56 Å². The molecular formula is C36H35N7O. The lowest BCUT2D eigenvalue weighted by atomic mass is 9.79. The molecule has 6 aromatic rings. The number of imidazole rings is 1. The molecule has 1 unspecified atom stereocenters. The van der Waals surface area contributed by atoms with Crippen molar-refractivity contribution in [2.75, 3.05) is 17.2 Å². The van der Waals surface area contributed by atoms with Crippen LogP contribution in [0.5, 0.6) is 0 Å². The van der Waals surface area contributed by atoms with Gasteiger partial charge in [-0.2, -0.15) is 0 Å². The van der Waals surface area contributed by atoms with Crippen molar-refractivity contribution in [3.05, 3.63) is 109 Å². The van der Waals surface area contributed by atoms with E-state index in [9.17, 15) is 0 Å². The molecule has 1 saturated heterocycles. The minimum Gasteiger partial charge on any atom is -0.378 e. The van der Waals surface area contributed by atoms with E-state index in [2.05, 4.69) is 64.4 Å². The van der Waals surface area contributed by atoms with Crippen molar-refractivity contribution in [2.45, 2.75) is 39.2 Å². The summed E-state index contributed by atoms with van der Waals surface area (Å²) in [5, 5.41) is 8.12. The van der Waals surface area contributed by atoms with Gasteiger partial charge in [0, 0.05) is 52.6 Å². The number of aromatic amines is 1. The fourth-order valence-electron chi connectivity index (χ4n) is 6.23. The van der Waals surface area contributed by atoms with Crippen molar-refractivity contribution in [3.8, 4) is 11.5 Å². The number of benzene rings is 2. The van der Waals surface area contributed by atoms with Gasteiger partial charge >= 0.3 is 0 Å². The van der Waals surface area contributed by atoms with E-state index >= 15 is 0 Å². The molecule has 5 heterocycles. The van der Waals surface area contributed by atoms with Crippen LogP contribution in [0.2, 0.25) is 0 Å². The Bertz CT molecular complexity index is 1980. The van der Waals surface area contributed by atoms with E-state index in [4.69, 9.17) is 19.7 Å². The van der Waals surface area contributed by atoms with Crippen LogP contribution in [0.1, 0.15) is 36.2 Å². The van der Waals surface area contributed by atoms with Gasteiger partial charge in [-0.3, -0.25) is 15.0 Å². The largest absolute Gasteiger partial charge is 0.378 e. The van der Waals surface area contributed by atoms with Crippen LogP contribution in [0.25, 0.3) is 33.5 Å². The monoisotopic (exact) mass is 581 g/mol. The van der Waals surface area contributed by atoms with Gasteiger partial charge in [-0.05, 0) is 99.3 Å². The van der Waals surface area contributed by atoms with Gasteiger partial charge in [-0.25, -0.2) is 4.98 Å². The van der Waals surface area contributed by atoms with Gasteiger partial charge in [0.1, 0.15) is 5.69 Å². The number of H-pyrrole nitrogens is 1. The Morgan fingerprint density at radius 3 is 2.52 bits per heavy atom. The third kappa shape index (κ3) is 5.52. The molecule has 8 heteroatoms. The number of nitrogens with one attached hydrogen (secondary N) is 3. The van der Waals surface area contributed by atoms with Crippen molar-refractivity contribution < 1.29 is 4.74 Å². The minimum absolute atomic E-state index is 0.155. The molecule has 3 N–H and O–H groups in total. The van der Waals surface area contributed by atoms with Crippen LogP contribution in [-0.2, 0) is 4.74 Å². The first-order valence-corrected chi connectivity index (χ1v) is 15.0. The summed E-state index contributed by atoms with van der Waals surface area (Å²) in [4.78, 5) is 22.0. The van der Waals surface area contributed by atoms with Gasteiger partial charge in [-0.15, -0.1) is 6.58 Å². The fourth-order valence-corrected chi connectivity index (χ4v) is 6.23. The van der Waals surface area contributed by atoms with Crippen molar-refractivity contribution in [2.24, 2.45) is 5.92 Å². The summed E-state index contributed by atoms with van der Waals surface area (Å²) in [5.74, 6) is 1.37. The van der Waals surface area contributed by atoms with Crippen LogP contribution in [0.4, 0.5) is 22.7 Å². The van der Waals surface area contributed by atoms with Crippen LogP contribution in [0.15, 0.2) is 91.8 Å². The second-order valence-electron chi connectivity index (χ2n) is 11.6. The molecule has 0 spiro atoms. The van der Waals surface area contributed by atoms with Gasteiger partial charge in [0.15, 0.2) is 5.82 Å². The van der Waals surface area contributed by atoms with Crippen LogP contribution in [-0.4, -0.2) is 37.6 Å². The van der Waals surface area contributed by atoms with Crippen molar-refractivity contribution in [3.63, 3.8) is 0 Å². The SMILES string of the molecule is C=C[C@@H]1C(c2ccc3nc(C)cc(Nc4ccc(-c5nc6ccc(Nc7ccnc(C)c7)cc6[nH]5)nc4)c3c2)CCO[C@@H]1C. The minimum atomic E-state index is 0.155. The lowest BCUT2D eigenvalue weighted by Gasteiger charge is -2.35. The third-order valence-corrected chi connectivity index (χ3v) is 8.43. The summed E-state index contributed by atoms with van der Waals surface area (Å²) < 4.78 is 5.91. The number of rotatable bonds is 7. The van der Waals surface area contributed by atoms with E-state index in [0.29, 0.717) is 5.92 Å². The highest BCUT2D eigenvalue weighted by Gasteiger charge is 2.30. The second kappa shape index (κ2) is 11.5. The predicted molar refractivity (Wildman–Crippen MR) is 178 cm³/mol. The Hall–Kier alpha value is -5.08. The summed E-state index contributed by atoms with van der Waals surface area (Å²) in [6.07, 6.45) is 6.82. The molecule has 7 rings (SSSR count). The van der Waals surface area contributed by atoms with Crippen molar-refractivity contribution in [1.29, 1.82) is 0 Å². The van der Waals surface area contributed by atoms with E-state index < -0.39 is 0 Å². The fraction of sp³-hybridized carbons (Fsp3) is 0.222. The number of hydrogen-bond acceptors (Lipinski definition) is 7. The number of hydrogen-bond donors (Lipinski definition) is 3. The maximum absolute atomic E-state index is 5.91. The van der Waals surface area contributed by atoms with Crippen molar-refractivity contribution >= 4 is 44.7 Å². The Morgan fingerprint density at radius 2 is 1.70 bits per heavy atom. The maximum Gasteiger partial charge on any atom is 0.157 e. The molecule has 4 aromatic heterocycles. The highest BCUT2D eigenvalue weighted by atomic mass is 16.5. The van der Waals surface area contributed by atoms with E-state index in [1.54, 1.807) is 6.20 Å². The number of nitrogens with zero attached hydrogens (tertiary/aromatic N) is 4. The van der Waals surface area contributed by atoms with Gasteiger partial charge in [0.2, 0.25) is 0 Å². The molecule has 1 aliphatic rings. The van der Waals surface area contributed by atoms with Crippen LogP contribution >= 0.6 is 0 Å². The molecule has 1 fully saturated rings. The molecule has 0 radical (unpaired) electrons. The van der Waals surface area contributed by atoms with Gasteiger partial charge in [-0.1, -0.05) is 12.1 Å². The Kier molecular flexibility index (Phi) is 7.28. The number of pyridine rings is 3. The van der Waals surface area contributed by atoms with Crippen molar-refractivity contribution in [1.82, 2.24) is 24.9 Å². The molecule has 1 aliphatic heterocycles. The van der Waals surface area contributed by atoms with Gasteiger partial charge in [0.05, 0.1) is 34.5 Å². The zero-order chi connectivity index (χ0) is 30.2. The number of aromatic nitrogens is 5. The lowest BCUT2D eigenvalue weighted by Crippen LogP contribution is -2.31. The summed E-state index contributed by atoms with van der Waals surface area (Å²) >= 11 is 0. The Morgan fingerprint density at radius 1 is 0.864 bits per heavy atom. The molecule has 0 bridgehead atoms. The molecule has 44 heavy (non-hydrogen) atoms. The summed E-state index contributed by atoms with van der Waals surface area (Å²) in [6, 6.07) is 22.8. The topological polar surface area (TPSA) is 101 Å². The normalized spacial score (nSPS) is 18.4. The lowest BCUT2D eigenvalue weighted by molar-refractivity contribution is -0.00997. The summed E-state index contributed by atoms with van der Waals surface area (Å²) in [6.45, 7) is 11.0. The predicted octanol–water partition coefficient (Wildman–Crippen LogP) is 8.37. The first-order valence-electron chi connectivity index (χ1n) is 15.0. The Balaban J connectivity index is 1.13. The molecule has 0 amide bonds. The van der Waals surface area contributed by atoms with Crippen LogP contribution < -0.4 is 10.6 Å². The third-order valence-electron chi connectivity index (χ3n) is 8.43. The molecule has 3 atom stereocenters. The standard InChI is InChI=1S/C36H35N7O/c1-5-28-23(4)44-15-13-29(28)24-6-9-31-30(18-24)34(17-22(3)39-31)41-27-8-11-33(38-20-27)36-42-32-10-7-25(19-35(32)43-36)40-26-12-14-37-21(2)16-26/h5-12,14,16-20,23,28-29H,1,13,15H2,2-4H3,(H,37,40)(H,39,41)(H,42,43)/t23-,28+,29?/m1/s1. The second-order valence-corrected chi connectivity index (χ2v) is 11.6. The summed E-state index contributed by atoms with van der Waals surface area (Å²) in [7, 11) is 0. The zero-order valence-electron chi connectivity index (χ0n) is 25.1. The smallest absolute Gasteiger partial charge is 0.157 e.